The van der Waals surface area contributed by atoms with Gasteiger partial charge in [-0.05, 0) is 48.0 Å². The first kappa shape index (κ1) is 20.1. The number of benzene rings is 2. The van der Waals surface area contributed by atoms with E-state index in [0.29, 0.717) is 35.3 Å². The summed E-state index contributed by atoms with van der Waals surface area (Å²) in [4.78, 5) is 20.2. The van der Waals surface area contributed by atoms with Gasteiger partial charge in [-0.25, -0.2) is 0 Å². The summed E-state index contributed by atoms with van der Waals surface area (Å²) in [5.74, 6) is 2.72. The molecule has 0 aliphatic carbocycles. The zero-order valence-corrected chi connectivity index (χ0v) is 17.0. The average Bonchev–Trinajstić information content (AvgIpc) is 3.28. The molecule has 2 heterocycles. The maximum atomic E-state index is 11.7. The number of carbonyl (C=O) groups is 1. The topological polar surface area (TPSA) is 99.4 Å². The highest BCUT2D eigenvalue weighted by atomic mass is 16.5. The number of nitrogens with zero attached hydrogens (tertiary/aromatic N) is 3. The minimum Gasteiger partial charge on any atom is -0.497 e. The van der Waals surface area contributed by atoms with Crippen LogP contribution in [0.1, 0.15) is 21.9 Å². The normalized spacial score (nSPS) is 10.5. The third kappa shape index (κ3) is 4.87. The predicted octanol–water partition coefficient (Wildman–Crippen LogP) is 3.88. The minimum atomic E-state index is -0.269. The number of methoxy groups -OCH3 is 1. The van der Waals surface area contributed by atoms with Crippen molar-refractivity contribution in [3.05, 3.63) is 84.0 Å². The second kappa shape index (κ2) is 9.08. The Morgan fingerprint density at radius 3 is 2.45 bits per heavy atom. The van der Waals surface area contributed by atoms with Gasteiger partial charge in [0, 0.05) is 24.9 Å². The number of ether oxygens (including phenoxy) is 2. The van der Waals surface area contributed by atoms with Crippen LogP contribution in [-0.2, 0) is 6.42 Å². The lowest BCUT2D eigenvalue weighted by atomic mass is 10.1. The lowest BCUT2D eigenvalue weighted by molar-refractivity contribution is 0.0958. The summed E-state index contributed by atoms with van der Waals surface area (Å²) >= 11 is 0. The van der Waals surface area contributed by atoms with E-state index in [1.165, 1.54) is 6.20 Å². The molecule has 0 atom stereocenters. The summed E-state index contributed by atoms with van der Waals surface area (Å²) in [5, 5.41) is 6.59. The van der Waals surface area contributed by atoms with Gasteiger partial charge in [0.2, 0.25) is 11.7 Å². The second-order valence-corrected chi connectivity index (χ2v) is 6.62. The van der Waals surface area contributed by atoms with E-state index in [4.69, 9.17) is 14.0 Å². The number of nitrogens with one attached hydrogen (secondary N) is 1. The molecule has 2 aromatic carbocycles. The number of amides is 1. The molecule has 31 heavy (non-hydrogen) atoms. The lowest BCUT2D eigenvalue weighted by Crippen LogP contribution is -2.18. The van der Waals surface area contributed by atoms with Crippen molar-refractivity contribution in [3.8, 4) is 28.6 Å². The van der Waals surface area contributed by atoms with Crippen molar-refractivity contribution < 1.29 is 18.8 Å². The molecular formula is C23H20N4O4. The van der Waals surface area contributed by atoms with E-state index in [0.717, 1.165) is 16.9 Å². The van der Waals surface area contributed by atoms with Crippen LogP contribution in [0.2, 0.25) is 0 Å². The fraction of sp³-hybridized carbons (Fsp3) is 0.130. The first-order valence-corrected chi connectivity index (χ1v) is 9.56. The lowest BCUT2D eigenvalue weighted by Gasteiger charge is -2.07. The monoisotopic (exact) mass is 416 g/mol. The molecule has 8 heteroatoms. The molecule has 0 bridgehead atoms. The quantitative estimate of drug-likeness (QED) is 0.488. The number of aromatic nitrogens is 3. The van der Waals surface area contributed by atoms with Crippen molar-refractivity contribution in [2.75, 3.05) is 14.2 Å². The van der Waals surface area contributed by atoms with Gasteiger partial charge in [0.1, 0.15) is 22.9 Å². The molecule has 2 aromatic heterocycles. The average molecular weight is 416 g/mol. The largest absolute Gasteiger partial charge is 0.497 e. The number of carbonyl (C=O) groups excluding carboxylic acids is 1. The molecule has 0 unspecified atom stereocenters. The highest BCUT2D eigenvalue weighted by molar-refractivity contribution is 5.92. The Bertz CT molecular complexity index is 1170. The number of hydrogen-bond acceptors (Lipinski definition) is 7. The zero-order valence-electron chi connectivity index (χ0n) is 17.0. The highest BCUT2D eigenvalue weighted by Gasteiger charge is 2.10. The van der Waals surface area contributed by atoms with Gasteiger partial charge in [0.15, 0.2) is 0 Å². The standard InChI is InChI=1S/C23H20N4O4/c1-24-23(28)20-14-19(11-12-25-20)30-18-7-3-15(4-8-18)13-21-26-22(27-31-21)16-5-9-17(29-2)10-6-16/h3-12,14H,13H2,1-2H3,(H,24,28). The van der Waals surface area contributed by atoms with E-state index in [-0.39, 0.29) is 5.91 Å². The van der Waals surface area contributed by atoms with Gasteiger partial charge in [-0.2, -0.15) is 4.98 Å². The predicted molar refractivity (Wildman–Crippen MR) is 113 cm³/mol. The van der Waals surface area contributed by atoms with Gasteiger partial charge in [-0.15, -0.1) is 0 Å². The summed E-state index contributed by atoms with van der Waals surface area (Å²) in [6.45, 7) is 0. The van der Waals surface area contributed by atoms with E-state index in [1.807, 2.05) is 48.5 Å². The van der Waals surface area contributed by atoms with Crippen LogP contribution in [0.15, 0.2) is 71.4 Å². The Morgan fingerprint density at radius 1 is 1.00 bits per heavy atom. The third-order valence-corrected chi connectivity index (χ3v) is 4.52. The van der Waals surface area contributed by atoms with E-state index in [9.17, 15) is 4.79 Å². The Morgan fingerprint density at radius 2 is 1.74 bits per heavy atom. The number of hydrogen-bond donors (Lipinski definition) is 1. The van der Waals surface area contributed by atoms with E-state index in [1.54, 1.807) is 26.3 Å². The summed E-state index contributed by atoms with van der Waals surface area (Å²) in [6, 6.07) is 18.3. The van der Waals surface area contributed by atoms with Crippen LogP contribution in [-0.4, -0.2) is 35.2 Å². The molecule has 1 amide bonds. The summed E-state index contributed by atoms with van der Waals surface area (Å²) in [7, 11) is 3.18. The Balaban J connectivity index is 1.41. The fourth-order valence-corrected chi connectivity index (χ4v) is 2.90. The third-order valence-electron chi connectivity index (χ3n) is 4.52. The minimum absolute atomic E-state index is 0.269. The maximum Gasteiger partial charge on any atom is 0.269 e. The van der Waals surface area contributed by atoms with Crippen LogP contribution in [0.5, 0.6) is 17.2 Å². The van der Waals surface area contributed by atoms with Crippen LogP contribution in [0.4, 0.5) is 0 Å². The summed E-state index contributed by atoms with van der Waals surface area (Å²) in [5.41, 5.74) is 2.15. The molecule has 0 spiro atoms. The smallest absolute Gasteiger partial charge is 0.269 e. The SMILES string of the molecule is CNC(=O)c1cc(Oc2ccc(Cc3nc(-c4ccc(OC)cc4)no3)cc2)ccn1. The second-order valence-electron chi connectivity index (χ2n) is 6.62. The van der Waals surface area contributed by atoms with Crippen molar-refractivity contribution in [2.45, 2.75) is 6.42 Å². The van der Waals surface area contributed by atoms with Gasteiger partial charge in [-0.3, -0.25) is 9.78 Å². The van der Waals surface area contributed by atoms with Crippen LogP contribution in [0.25, 0.3) is 11.4 Å². The molecule has 0 aliphatic heterocycles. The van der Waals surface area contributed by atoms with E-state index >= 15 is 0 Å². The van der Waals surface area contributed by atoms with Crippen molar-refractivity contribution in [1.29, 1.82) is 0 Å². The van der Waals surface area contributed by atoms with Crippen LogP contribution in [0, 0.1) is 0 Å². The molecule has 8 nitrogen and oxygen atoms in total. The molecule has 0 fully saturated rings. The Labute approximate surface area is 178 Å². The van der Waals surface area contributed by atoms with Gasteiger partial charge in [-0.1, -0.05) is 17.3 Å². The summed E-state index contributed by atoms with van der Waals surface area (Å²) in [6.07, 6.45) is 2.03. The molecule has 4 rings (SSSR count). The van der Waals surface area contributed by atoms with Crippen LogP contribution in [0.3, 0.4) is 0 Å². The molecule has 1 N–H and O–H groups in total. The Kier molecular flexibility index (Phi) is 5.89. The fourth-order valence-electron chi connectivity index (χ4n) is 2.90. The molecule has 0 saturated carbocycles. The van der Waals surface area contributed by atoms with Crippen molar-refractivity contribution in [2.24, 2.45) is 0 Å². The maximum absolute atomic E-state index is 11.7. The molecular weight excluding hydrogens is 396 g/mol. The molecule has 0 radical (unpaired) electrons. The van der Waals surface area contributed by atoms with Gasteiger partial charge in [0.05, 0.1) is 13.5 Å². The van der Waals surface area contributed by atoms with Crippen molar-refractivity contribution in [3.63, 3.8) is 0 Å². The van der Waals surface area contributed by atoms with E-state index in [2.05, 4.69) is 20.4 Å². The van der Waals surface area contributed by atoms with Gasteiger partial charge in [0.25, 0.3) is 5.91 Å². The Hall–Kier alpha value is -4.20. The molecule has 0 aliphatic rings. The van der Waals surface area contributed by atoms with Gasteiger partial charge < -0.3 is 19.3 Å². The first-order chi connectivity index (χ1) is 15.1. The van der Waals surface area contributed by atoms with E-state index < -0.39 is 0 Å². The van der Waals surface area contributed by atoms with Crippen LogP contribution >= 0.6 is 0 Å². The number of rotatable bonds is 7. The van der Waals surface area contributed by atoms with Crippen molar-refractivity contribution >= 4 is 5.91 Å². The van der Waals surface area contributed by atoms with Crippen molar-refractivity contribution in [1.82, 2.24) is 20.4 Å². The molecule has 0 saturated heterocycles. The summed E-state index contributed by atoms with van der Waals surface area (Å²) < 4.78 is 16.4. The molecule has 4 aromatic rings. The van der Waals surface area contributed by atoms with Gasteiger partial charge >= 0.3 is 0 Å². The number of pyridine rings is 1. The van der Waals surface area contributed by atoms with Crippen LogP contribution < -0.4 is 14.8 Å². The highest BCUT2D eigenvalue weighted by Crippen LogP contribution is 2.24. The zero-order chi connectivity index (χ0) is 21.6. The first-order valence-electron chi connectivity index (χ1n) is 9.56. The molecule has 156 valence electrons.